The van der Waals surface area contributed by atoms with Crippen LogP contribution in [0.3, 0.4) is 0 Å². The predicted octanol–water partition coefficient (Wildman–Crippen LogP) is 4.19. The highest BCUT2D eigenvalue weighted by atomic mass is 19.4. The number of ketones is 1. The lowest BCUT2D eigenvalue weighted by Gasteiger charge is -2.15. The van der Waals surface area contributed by atoms with Gasteiger partial charge in [0.1, 0.15) is 29.7 Å². The van der Waals surface area contributed by atoms with E-state index in [9.17, 15) is 18.0 Å². The Morgan fingerprint density at radius 3 is 2.67 bits per heavy atom. The van der Waals surface area contributed by atoms with Crippen molar-refractivity contribution >= 4 is 5.78 Å². The largest absolute Gasteiger partial charge is 0.484 e. The van der Waals surface area contributed by atoms with Gasteiger partial charge in [0, 0.05) is 11.5 Å². The number of benzene rings is 1. The number of nitrogens with zero attached hydrogens (tertiary/aromatic N) is 1. The van der Waals surface area contributed by atoms with Crippen LogP contribution in [0.2, 0.25) is 0 Å². The highest BCUT2D eigenvalue weighted by Crippen LogP contribution is 2.39. The second kappa shape index (κ2) is 6.04. The van der Waals surface area contributed by atoms with E-state index in [-0.39, 0.29) is 35.4 Å². The van der Waals surface area contributed by atoms with Crippen molar-refractivity contribution in [2.24, 2.45) is 5.92 Å². The molecule has 1 aromatic heterocycles. The normalized spacial score (nSPS) is 14.2. The molecule has 7 heteroatoms. The smallest absolute Gasteiger partial charge is 0.417 e. The van der Waals surface area contributed by atoms with Gasteiger partial charge in [-0.3, -0.25) is 4.79 Å². The second-order valence-corrected chi connectivity index (χ2v) is 5.51. The zero-order valence-electron chi connectivity index (χ0n) is 12.4. The van der Waals surface area contributed by atoms with E-state index in [1.54, 1.807) is 0 Å². The van der Waals surface area contributed by atoms with Gasteiger partial charge in [-0.15, -0.1) is 0 Å². The lowest BCUT2D eigenvalue weighted by molar-refractivity contribution is -0.137. The molecule has 0 unspecified atom stereocenters. The Balaban J connectivity index is 2.02. The fraction of sp³-hybridized carbons (Fsp3) is 0.294. The Kier molecular flexibility index (Phi) is 4.06. The third-order valence-corrected chi connectivity index (χ3v) is 3.73. The first kappa shape index (κ1) is 16.1. The summed E-state index contributed by atoms with van der Waals surface area (Å²) < 4.78 is 50.2. The first-order valence-electron chi connectivity index (χ1n) is 7.25. The number of hydrogen-bond acceptors (Lipinski definition) is 4. The van der Waals surface area contributed by atoms with E-state index in [1.165, 1.54) is 30.5 Å². The Labute approximate surface area is 135 Å². The number of rotatable bonds is 5. The Morgan fingerprint density at radius 2 is 2.12 bits per heavy atom. The van der Waals surface area contributed by atoms with Crippen molar-refractivity contribution in [3.63, 3.8) is 0 Å². The maximum Gasteiger partial charge on any atom is 0.417 e. The maximum absolute atomic E-state index is 13.3. The highest BCUT2D eigenvalue weighted by molar-refractivity contribution is 5.84. The minimum atomic E-state index is -4.73. The lowest BCUT2D eigenvalue weighted by Crippen LogP contribution is -2.15. The molecule has 0 saturated heterocycles. The molecule has 24 heavy (non-hydrogen) atoms. The van der Waals surface area contributed by atoms with Crippen molar-refractivity contribution in [2.45, 2.75) is 19.0 Å². The van der Waals surface area contributed by atoms with Gasteiger partial charge >= 0.3 is 6.18 Å². The van der Waals surface area contributed by atoms with E-state index in [4.69, 9.17) is 14.4 Å². The molecular formula is C17H12F3NO3. The monoisotopic (exact) mass is 335 g/mol. The Bertz CT molecular complexity index is 800. The third-order valence-electron chi connectivity index (χ3n) is 3.73. The van der Waals surface area contributed by atoms with Gasteiger partial charge < -0.3 is 9.15 Å². The molecular weight excluding hydrogens is 323 g/mol. The van der Waals surface area contributed by atoms with Crippen LogP contribution in [0.1, 0.15) is 24.0 Å². The summed E-state index contributed by atoms with van der Waals surface area (Å²) in [6.07, 6.45) is -1.86. The Morgan fingerprint density at radius 1 is 1.38 bits per heavy atom. The molecule has 0 radical (unpaired) electrons. The van der Waals surface area contributed by atoms with Gasteiger partial charge in [0.2, 0.25) is 0 Å². The fourth-order valence-electron chi connectivity index (χ4n) is 2.33. The average Bonchev–Trinajstić information content (AvgIpc) is 3.25. The van der Waals surface area contributed by atoms with Gasteiger partial charge in [-0.2, -0.15) is 18.4 Å². The minimum absolute atomic E-state index is 0.0779. The predicted molar refractivity (Wildman–Crippen MR) is 77.1 cm³/mol. The summed E-state index contributed by atoms with van der Waals surface area (Å²) in [6, 6.07) is 6.69. The molecule has 0 bridgehead atoms. The number of alkyl halides is 3. The number of carbonyl (C=O) groups is 1. The van der Waals surface area contributed by atoms with E-state index >= 15 is 0 Å². The molecule has 1 aliphatic rings. The lowest BCUT2D eigenvalue weighted by atomic mass is 10.0. The quantitative estimate of drug-likeness (QED) is 0.822. The van der Waals surface area contributed by atoms with Crippen LogP contribution in [-0.4, -0.2) is 12.4 Å². The number of furan rings is 1. The highest BCUT2D eigenvalue weighted by Gasteiger charge is 2.36. The van der Waals surface area contributed by atoms with Crippen LogP contribution in [0.4, 0.5) is 13.2 Å². The van der Waals surface area contributed by atoms with Gasteiger partial charge in [-0.05, 0) is 37.1 Å². The first-order valence-corrected chi connectivity index (χ1v) is 7.25. The van der Waals surface area contributed by atoms with Gasteiger partial charge in [0.25, 0.3) is 0 Å². The molecule has 0 aliphatic heterocycles. The van der Waals surface area contributed by atoms with E-state index in [0.29, 0.717) is 0 Å². The van der Waals surface area contributed by atoms with E-state index in [2.05, 4.69) is 0 Å². The molecule has 4 nitrogen and oxygen atoms in total. The topological polar surface area (TPSA) is 63.2 Å². The molecule has 0 amide bonds. The summed E-state index contributed by atoms with van der Waals surface area (Å²) in [5.41, 5.74) is -1.63. The van der Waals surface area contributed by atoms with Gasteiger partial charge in [-0.1, -0.05) is 0 Å². The number of Topliss-reactive ketones (excluding diaryl/α,β-unsaturated/α-hetero) is 1. The van der Waals surface area contributed by atoms with Gasteiger partial charge in [-0.25, -0.2) is 0 Å². The molecule has 124 valence electrons. The van der Waals surface area contributed by atoms with Crippen LogP contribution < -0.4 is 4.74 Å². The van der Waals surface area contributed by atoms with Crippen molar-refractivity contribution in [2.75, 3.05) is 6.61 Å². The third kappa shape index (κ3) is 3.27. The first-order chi connectivity index (χ1) is 11.4. The number of ether oxygens (including phenoxy) is 1. The molecule has 1 aromatic carbocycles. The zero-order valence-corrected chi connectivity index (χ0v) is 12.4. The molecule has 0 spiro atoms. The fourth-order valence-corrected chi connectivity index (χ4v) is 2.33. The minimum Gasteiger partial charge on any atom is -0.484 e. The summed E-state index contributed by atoms with van der Waals surface area (Å²) in [7, 11) is 0. The molecule has 1 aliphatic carbocycles. The molecule has 0 atom stereocenters. The van der Waals surface area contributed by atoms with Gasteiger partial charge in [0.05, 0.1) is 11.8 Å². The summed E-state index contributed by atoms with van der Waals surface area (Å²) in [5, 5.41) is 9.13. The van der Waals surface area contributed by atoms with Crippen LogP contribution in [-0.2, 0) is 11.0 Å². The van der Waals surface area contributed by atoms with Crippen molar-refractivity contribution in [3.8, 4) is 23.1 Å². The molecule has 1 fully saturated rings. The van der Waals surface area contributed by atoms with Crippen LogP contribution in [0.25, 0.3) is 11.3 Å². The van der Waals surface area contributed by atoms with Crippen molar-refractivity contribution in [1.29, 1.82) is 5.26 Å². The molecule has 1 heterocycles. The standard InChI is InChI=1S/C17H12F3NO3/c18-17(19,20)13-6-11(15-2-1-5-23-15)7-16(12(13)8-21)24-9-14(22)10-3-4-10/h1-2,5-7,10H,3-4,9H2. The summed E-state index contributed by atoms with van der Waals surface area (Å²) in [4.78, 5) is 11.7. The summed E-state index contributed by atoms with van der Waals surface area (Å²) in [6.45, 7) is -0.349. The van der Waals surface area contributed by atoms with Crippen molar-refractivity contribution in [1.82, 2.24) is 0 Å². The van der Waals surface area contributed by atoms with Crippen LogP contribution >= 0.6 is 0 Å². The maximum atomic E-state index is 13.3. The Hall–Kier alpha value is -2.75. The molecule has 1 saturated carbocycles. The van der Waals surface area contributed by atoms with Crippen LogP contribution in [0.15, 0.2) is 34.9 Å². The van der Waals surface area contributed by atoms with Crippen molar-refractivity contribution < 1.29 is 27.1 Å². The average molecular weight is 335 g/mol. The van der Waals surface area contributed by atoms with Gasteiger partial charge in [0.15, 0.2) is 5.78 Å². The summed E-state index contributed by atoms with van der Waals surface area (Å²) >= 11 is 0. The molecule has 3 rings (SSSR count). The zero-order chi connectivity index (χ0) is 17.3. The number of halogens is 3. The number of carbonyl (C=O) groups excluding carboxylic acids is 1. The molecule has 2 aromatic rings. The van der Waals surface area contributed by atoms with E-state index < -0.39 is 17.3 Å². The number of nitriles is 1. The number of hydrogen-bond donors (Lipinski definition) is 0. The SMILES string of the molecule is N#Cc1c(OCC(=O)C2CC2)cc(-c2ccco2)cc1C(F)(F)F. The van der Waals surface area contributed by atoms with Crippen LogP contribution in [0, 0.1) is 17.2 Å². The molecule has 0 N–H and O–H groups in total. The van der Waals surface area contributed by atoms with E-state index in [0.717, 1.165) is 18.9 Å². The van der Waals surface area contributed by atoms with E-state index in [1.807, 2.05) is 0 Å². The second-order valence-electron chi connectivity index (χ2n) is 5.51. The summed E-state index contributed by atoms with van der Waals surface area (Å²) in [5.74, 6) is -0.308. The van der Waals surface area contributed by atoms with Crippen LogP contribution in [0.5, 0.6) is 5.75 Å². The van der Waals surface area contributed by atoms with Crippen molar-refractivity contribution in [3.05, 3.63) is 41.7 Å².